The Balaban J connectivity index is 1.89. The first-order valence-corrected chi connectivity index (χ1v) is 7.34. The molecule has 1 fully saturated rings. The minimum Gasteiger partial charge on any atom is -0.381 e. The minimum atomic E-state index is 0.0241. The fourth-order valence-electron chi connectivity index (χ4n) is 2.39. The molecule has 0 spiro atoms. The molecule has 2 unspecified atom stereocenters. The first kappa shape index (κ1) is 14.7. The van der Waals surface area contributed by atoms with Crippen LogP contribution in [-0.2, 0) is 4.74 Å². The average Bonchev–Trinajstić information content (AvgIpc) is 2.96. The summed E-state index contributed by atoms with van der Waals surface area (Å²) >= 11 is 11.9. The number of nitrogens with one attached hydrogen (secondary N) is 1. The van der Waals surface area contributed by atoms with Gasteiger partial charge in [-0.3, -0.25) is 0 Å². The van der Waals surface area contributed by atoms with Crippen LogP contribution in [0, 0.1) is 0 Å². The van der Waals surface area contributed by atoms with E-state index in [4.69, 9.17) is 32.5 Å². The second-order valence-electron chi connectivity index (χ2n) is 4.81. The van der Waals surface area contributed by atoms with Crippen molar-refractivity contribution in [2.75, 3.05) is 20.3 Å². The van der Waals surface area contributed by atoms with Gasteiger partial charge in [-0.2, -0.15) is 4.98 Å². The number of aromatic nitrogens is 3. The third-order valence-electron chi connectivity index (χ3n) is 3.51. The number of likely N-dealkylation sites (N-methyl/N-ethyl adjacent to an activating group) is 1. The number of nitrogens with zero attached hydrogens (tertiary/aromatic N) is 3. The predicted molar refractivity (Wildman–Crippen MR) is 78.6 cm³/mol. The zero-order valence-corrected chi connectivity index (χ0v) is 12.9. The van der Waals surface area contributed by atoms with Crippen molar-refractivity contribution in [3.05, 3.63) is 28.2 Å². The van der Waals surface area contributed by atoms with E-state index >= 15 is 0 Å². The Labute approximate surface area is 131 Å². The molecular weight excluding hydrogens is 315 g/mol. The van der Waals surface area contributed by atoms with Gasteiger partial charge in [0.2, 0.25) is 11.7 Å². The van der Waals surface area contributed by atoms with Gasteiger partial charge in [0.15, 0.2) is 0 Å². The van der Waals surface area contributed by atoms with Gasteiger partial charge < -0.3 is 14.6 Å². The molecule has 0 bridgehead atoms. The molecule has 112 valence electrons. The maximum Gasteiger partial charge on any atom is 0.234 e. The summed E-state index contributed by atoms with van der Waals surface area (Å²) in [6.07, 6.45) is 2.40. The van der Waals surface area contributed by atoms with Crippen molar-refractivity contribution < 1.29 is 9.26 Å². The van der Waals surface area contributed by atoms with Gasteiger partial charge in [-0.25, -0.2) is 4.98 Å². The number of halogens is 2. The second kappa shape index (κ2) is 6.27. The van der Waals surface area contributed by atoms with Gasteiger partial charge in [0.1, 0.15) is 5.69 Å². The van der Waals surface area contributed by atoms with Crippen molar-refractivity contribution in [1.82, 2.24) is 20.4 Å². The van der Waals surface area contributed by atoms with E-state index in [9.17, 15) is 0 Å². The van der Waals surface area contributed by atoms with E-state index in [1.54, 1.807) is 6.07 Å². The number of hydrogen-bond donors (Lipinski definition) is 1. The van der Waals surface area contributed by atoms with Crippen LogP contribution in [0.5, 0.6) is 0 Å². The Morgan fingerprint density at radius 3 is 3.00 bits per heavy atom. The van der Waals surface area contributed by atoms with Gasteiger partial charge in [-0.15, -0.1) is 0 Å². The van der Waals surface area contributed by atoms with Crippen LogP contribution in [0.3, 0.4) is 0 Å². The van der Waals surface area contributed by atoms with Gasteiger partial charge in [0.05, 0.1) is 22.6 Å². The van der Waals surface area contributed by atoms with Gasteiger partial charge >= 0.3 is 0 Å². The lowest BCUT2D eigenvalue weighted by Crippen LogP contribution is -2.39. The normalized spacial score (nSPS) is 22.4. The van der Waals surface area contributed by atoms with Crippen LogP contribution in [-0.4, -0.2) is 41.4 Å². The monoisotopic (exact) mass is 328 g/mol. The molecule has 0 radical (unpaired) electrons. The van der Waals surface area contributed by atoms with Crippen LogP contribution in [0.4, 0.5) is 0 Å². The first-order chi connectivity index (χ1) is 10.2. The Bertz CT molecular complexity index is 634. The number of ether oxygens (including phenoxy) is 1. The summed E-state index contributed by atoms with van der Waals surface area (Å²) < 4.78 is 10.9. The Kier molecular flexibility index (Phi) is 4.40. The lowest BCUT2D eigenvalue weighted by molar-refractivity contribution is 0.0516. The molecule has 3 heterocycles. The second-order valence-corrected chi connectivity index (χ2v) is 5.65. The Morgan fingerprint density at radius 2 is 2.24 bits per heavy atom. The van der Waals surface area contributed by atoms with E-state index in [0.29, 0.717) is 34.1 Å². The molecule has 0 aromatic carbocycles. The van der Waals surface area contributed by atoms with E-state index in [2.05, 4.69) is 20.4 Å². The van der Waals surface area contributed by atoms with Gasteiger partial charge in [0.25, 0.3) is 0 Å². The summed E-state index contributed by atoms with van der Waals surface area (Å²) in [6.45, 7) is 1.28. The van der Waals surface area contributed by atoms with Crippen molar-refractivity contribution in [3.8, 4) is 11.5 Å². The molecule has 1 aliphatic rings. The lowest BCUT2D eigenvalue weighted by Gasteiger charge is -2.28. The van der Waals surface area contributed by atoms with E-state index in [1.165, 1.54) is 6.20 Å². The Morgan fingerprint density at radius 1 is 1.38 bits per heavy atom. The van der Waals surface area contributed by atoms with Crippen molar-refractivity contribution in [3.63, 3.8) is 0 Å². The largest absolute Gasteiger partial charge is 0.381 e. The lowest BCUT2D eigenvalue weighted by atomic mass is 9.96. The molecule has 3 rings (SSSR count). The third kappa shape index (κ3) is 3.03. The molecule has 0 amide bonds. The summed E-state index contributed by atoms with van der Waals surface area (Å²) in [4.78, 5) is 8.56. The highest BCUT2D eigenvalue weighted by molar-refractivity contribution is 6.35. The molecule has 1 N–H and O–H groups in total. The molecule has 1 saturated heterocycles. The van der Waals surface area contributed by atoms with Gasteiger partial charge in [0, 0.05) is 18.8 Å². The Hall–Kier alpha value is -1.21. The fourth-order valence-corrected chi connectivity index (χ4v) is 2.85. The van der Waals surface area contributed by atoms with Crippen LogP contribution in [0.1, 0.15) is 18.2 Å². The third-order valence-corrected chi connectivity index (χ3v) is 4.00. The van der Waals surface area contributed by atoms with Crippen molar-refractivity contribution >= 4 is 23.2 Å². The zero-order valence-electron chi connectivity index (χ0n) is 11.3. The molecule has 0 aliphatic carbocycles. The maximum atomic E-state index is 6.11. The van der Waals surface area contributed by atoms with E-state index in [-0.39, 0.29) is 12.0 Å². The van der Waals surface area contributed by atoms with Crippen LogP contribution >= 0.6 is 23.2 Å². The summed E-state index contributed by atoms with van der Waals surface area (Å²) in [5, 5.41) is 8.07. The highest BCUT2D eigenvalue weighted by atomic mass is 35.5. The minimum absolute atomic E-state index is 0.0241. The fraction of sp³-hybridized carbons (Fsp3) is 0.462. The predicted octanol–water partition coefficient (Wildman–Crippen LogP) is 2.53. The van der Waals surface area contributed by atoms with Crippen LogP contribution < -0.4 is 5.32 Å². The molecule has 6 nitrogen and oxygen atoms in total. The smallest absolute Gasteiger partial charge is 0.234 e. The van der Waals surface area contributed by atoms with Crippen molar-refractivity contribution in [2.24, 2.45) is 0 Å². The van der Waals surface area contributed by atoms with E-state index in [0.717, 1.165) is 13.0 Å². The summed E-state index contributed by atoms with van der Waals surface area (Å²) in [6, 6.07) is 1.85. The molecule has 2 atom stereocenters. The van der Waals surface area contributed by atoms with Gasteiger partial charge in [-0.05, 0) is 19.5 Å². The molecule has 1 aliphatic heterocycles. The quantitative estimate of drug-likeness (QED) is 0.933. The maximum absolute atomic E-state index is 6.11. The molecule has 21 heavy (non-hydrogen) atoms. The molecule has 8 heteroatoms. The number of pyridine rings is 1. The number of rotatable bonds is 3. The molecule has 0 saturated carbocycles. The highest BCUT2D eigenvalue weighted by Gasteiger charge is 2.31. The van der Waals surface area contributed by atoms with Crippen LogP contribution in [0.25, 0.3) is 11.5 Å². The first-order valence-electron chi connectivity index (χ1n) is 6.59. The molecular formula is C13H14Cl2N4O2. The zero-order chi connectivity index (χ0) is 14.8. The van der Waals surface area contributed by atoms with Crippen LogP contribution in [0.15, 0.2) is 16.8 Å². The summed E-state index contributed by atoms with van der Waals surface area (Å²) in [7, 11) is 1.91. The SMILES string of the molecule is CNC1CCOCC1c1nc(-c2ncc(Cl)cc2Cl)no1. The molecule has 2 aromatic rings. The highest BCUT2D eigenvalue weighted by Crippen LogP contribution is 2.29. The van der Waals surface area contributed by atoms with E-state index in [1.807, 2.05) is 7.05 Å². The topological polar surface area (TPSA) is 73.1 Å². The van der Waals surface area contributed by atoms with Crippen molar-refractivity contribution in [1.29, 1.82) is 0 Å². The average molecular weight is 329 g/mol. The summed E-state index contributed by atoms with van der Waals surface area (Å²) in [5.41, 5.74) is 0.453. The summed E-state index contributed by atoms with van der Waals surface area (Å²) in [5.74, 6) is 0.903. The molecule has 2 aromatic heterocycles. The van der Waals surface area contributed by atoms with Gasteiger partial charge in [-0.1, -0.05) is 28.4 Å². The van der Waals surface area contributed by atoms with Crippen molar-refractivity contribution in [2.45, 2.75) is 18.4 Å². The number of hydrogen-bond acceptors (Lipinski definition) is 6. The van der Waals surface area contributed by atoms with E-state index < -0.39 is 0 Å². The standard InChI is InChI=1S/C13H14Cl2N4O2/c1-16-10-2-3-20-6-8(10)13-18-12(19-21-13)11-9(15)4-7(14)5-17-11/h4-5,8,10,16H,2-3,6H2,1H3. The van der Waals surface area contributed by atoms with Crippen LogP contribution in [0.2, 0.25) is 10.0 Å².